The van der Waals surface area contributed by atoms with Crippen molar-refractivity contribution in [3.8, 4) is 0 Å². The van der Waals surface area contributed by atoms with E-state index < -0.39 is 5.82 Å². The Morgan fingerprint density at radius 3 is 2.83 bits per heavy atom. The minimum Gasteiger partial charge on any atom is -0.322 e. The van der Waals surface area contributed by atoms with Gasteiger partial charge in [-0.05, 0) is 37.1 Å². The molecule has 0 radical (unpaired) electrons. The summed E-state index contributed by atoms with van der Waals surface area (Å²) in [7, 11) is 0. The van der Waals surface area contributed by atoms with Crippen LogP contribution in [0.1, 0.15) is 23.1 Å². The predicted molar refractivity (Wildman–Crippen MR) is 68.8 cm³/mol. The predicted octanol–water partition coefficient (Wildman–Crippen LogP) is 2.82. The molecule has 1 heterocycles. The number of benzene rings is 1. The van der Waals surface area contributed by atoms with Crippen LogP contribution in [0.3, 0.4) is 0 Å². The molecule has 1 aromatic carbocycles. The Bertz CT molecular complexity index is 560. The summed E-state index contributed by atoms with van der Waals surface area (Å²) in [5, 5.41) is 0.116. The first-order chi connectivity index (χ1) is 8.56. The molecule has 1 aromatic heterocycles. The second kappa shape index (κ2) is 5.42. The maximum Gasteiger partial charge on any atom is 0.142 e. The third kappa shape index (κ3) is 3.03. The van der Waals surface area contributed by atoms with Gasteiger partial charge in [0.1, 0.15) is 11.6 Å². The van der Waals surface area contributed by atoms with Crippen LogP contribution in [0, 0.1) is 12.7 Å². The molecule has 1 atom stereocenters. The van der Waals surface area contributed by atoms with Gasteiger partial charge >= 0.3 is 0 Å². The summed E-state index contributed by atoms with van der Waals surface area (Å²) in [4.78, 5) is 8.26. The van der Waals surface area contributed by atoms with Crippen LogP contribution in [0.5, 0.6) is 0 Å². The lowest BCUT2D eigenvalue weighted by molar-refractivity contribution is 0.620. The lowest BCUT2D eigenvalue weighted by Crippen LogP contribution is -2.15. The molecular weight excluding hydrogens is 253 g/mol. The first kappa shape index (κ1) is 12.9. The molecule has 0 bridgehead atoms. The molecule has 18 heavy (non-hydrogen) atoms. The monoisotopic (exact) mass is 265 g/mol. The van der Waals surface area contributed by atoms with E-state index in [1.807, 2.05) is 0 Å². The van der Waals surface area contributed by atoms with Crippen LogP contribution in [0.4, 0.5) is 4.39 Å². The van der Waals surface area contributed by atoms with Crippen LogP contribution >= 0.6 is 11.6 Å². The van der Waals surface area contributed by atoms with E-state index in [0.717, 1.165) is 11.3 Å². The number of aromatic nitrogens is 2. The summed E-state index contributed by atoms with van der Waals surface area (Å²) in [5.74, 6) is 0.241. The van der Waals surface area contributed by atoms with Crippen LogP contribution in [0.15, 0.2) is 30.5 Å². The summed E-state index contributed by atoms with van der Waals surface area (Å²) < 4.78 is 13.3. The van der Waals surface area contributed by atoms with Crippen LogP contribution in [-0.4, -0.2) is 9.97 Å². The van der Waals surface area contributed by atoms with Crippen molar-refractivity contribution in [2.24, 2.45) is 5.73 Å². The van der Waals surface area contributed by atoms with E-state index in [4.69, 9.17) is 17.3 Å². The third-order valence-electron chi connectivity index (χ3n) is 2.62. The highest BCUT2D eigenvalue weighted by atomic mass is 35.5. The molecule has 0 aliphatic carbocycles. The Balaban J connectivity index is 2.16. The molecule has 2 N–H and O–H groups in total. The maximum atomic E-state index is 13.3. The average molecular weight is 266 g/mol. The fourth-order valence-electron chi connectivity index (χ4n) is 1.71. The third-order valence-corrected chi connectivity index (χ3v) is 2.92. The van der Waals surface area contributed by atoms with Crippen LogP contribution in [0.25, 0.3) is 0 Å². The number of halogens is 2. The molecule has 94 valence electrons. The maximum absolute atomic E-state index is 13.3. The van der Waals surface area contributed by atoms with Gasteiger partial charge in [-0.15, -0.1) is 0 Å². The smallest absolute Gasteiger partial charge is 0.142 e. The average Bonchev–Trinajstić information content (AvgIpc) is 2.34. The van der Waals surface area contributed by atoms with E-state index >= 15 is 0 Å². The van der Waals surface area contributed by atoms with Gasteiger partial charge in [0.2, 0.25) is 0 Å². The fourth-order valence-corrected chi connectivity index (χ4v) is 1.82. The van der Waals surface area contributed by atoms with Crippen LogP contribution < -0.4 is 5.73 Å². The van der Waals surface area contributed by atoms with Crippen molar-refractivity contribution in [3.63, 3.8) is 0 Å². The second-order valence-electron chi connectivity index (χ2n) is 4.09. The minimum atomic E-state index is -0.430. The molecular formula is C13H13ClFN3. The van der Waals surface area contributed by atoms with Gasteiger partial charge in [0, 0.05) is 6.20 Å². The molecule has 0 aliphatic rings. The number of hydrogen-bond donors (Lipinski definition) is 1. The van der Waals surface area contributed by atoms with Crippen molar-refractivity contribution in [1.29, 1.82) is 0 Å². The lowest BCUT2D eigenvalue weighted by atomic mass is 10.0. The van der Waals surface area contributed by atoms with Gasteiger partial charge in [0.05, 0.1) is 16.8 Å². The Morgan fingerprint density at radius 1 is 1.39 bits per heavy atom. The number of rotatable bonds is 3. The molecule has 0 saturated heterocycles. The highest BCUT2D eigenvalue weighted by Gasteiger charge is 2.10. The Kier molecular flexibility index (Phi) is 3.89. The van der Waals surface area contributed by atoms with Gasteiger partial charge in [-0.1, -0.05) is 17.7 Å². The normalized spacial score (nSPS) is 12.4. The second-order valence-corrected chi connectivity index (χ2v) is 4.49. The standard InChI is InChI=1S/C13H13ClFN3/c1-8-17-5-4-13(18-8)12(16)7-9-2-3-10(14)11(15)6-9/h2-6,12H,7,16H2,1H3. The summed E-state index contributed by atoms with van der Waals surface area (Å²) in [6, 6.07) is 6.18. The molecule has 0 fully saturated rings. The van der Waals surface area contributed by atoms with Crippen LogP contribution in [0.2, 0.25) is 5.02 Å². The van der Waals surface area contributed by atoms with Gasteiger partial charge in [0.25, 0.3) is 0 Å². The van der Waals surface area contributed by atoms with E-state index in [9.17, 15) is 4.39 Å². The quantitative estimate of drug-likeness (QED) is 0.928. The fraction of sp³-hybridized carbons (Fsp3) is 0.231. The Labute approximate surface area is 110 Å². The van der Waals surface area contributed by atoms with E-state index in [1.165, 1.54) is 12.1 Å². The first-order valence-electron chi connectivity index (χ1n) is 5.55. The molecule has 2 rings (SSSR count). The minimum absolute atomic E-state index is 0.116. The van der Waals surface area contributed by atoms with E-state index in [1.54, 1.807) is 25.3 Å². The van der Waals surface area contributed by atoms with Gasteiger partial charge in [-0.2, -0.15) is 0 Å². The summed E-state index contributed by atoms with van der Waals surface area (Å²) in [6.07, 6.45) is 2.17. The van der Waals surface area contributed by atoms with Gasteiger partial charge in [-0.25, -0.2) is 14.4 Å². The molecule has 3 nitrogen and oxygen atoms in total. The number of hydrogen-bond acceptors (Lipinski definition) is 3. The van der Waals surface area contributed by atoms with Crippen molar-refractivity contribution >= 4 is 11.6 Å². The molecule has 0 spiro atoms. The van der Waals surface area contributed by atoms with Gasteiger partial charge in [0.15, 0.2) is 0 Å². The number of nitrogens with zero attached hydrogens (tertiary/aromatic N) is 2. The highest BCUT2D eigenvalue weighted by molar-refractivity contribution is 6.30. The summed E-state index contributed by atoms with van der Waals surface area (Å²) in [5.41, 5.74) is 7.58. The zero-order chi connectivity index (χ0) is 13.1. The van der Waals surface area contributed by atoms with E-state index in [-0.39, 0.29) is 11.1 Å². The topological polar surface area (TPSA) is 51.8 Å². The number of aryl methyl sites for hydroxylation is 1. The van der Waals surface area contributed by atoms with E-state index in [2.05, 4.69) is 9.97 Å². The van der Waals surface area contributed by atoms with Crippen molar-refractivity contribution < 1.29 is 4.39 Å². The van der Waals surface area contributed by atoms with Crippen molar-refractivity contribution in [2.45, 2.75) is 19.4 Å². The molecule has 0 aliphatic heterocycles. The van der Waals surface area contributed by atoms with Gasteiger partial charge < -0.3 is 5.73 Å². The van der Waals surface area contributed by atoms with Crippen LogP contribution in [-0.2, 0) is 6.42 Å². The summed E-state index contributed by atoms with van der Waals surface area (Å²) >= 11 is 5.63. The molecule has 2 aromatic rings. The molecule has 0 saturated carbocycles. The molecule has 0 amide bonds. The Morgan fingerprint density at radius 2 is 2.17 bits per heavy atom. The summed E-state index contributed by atoms with van der Waals surface area (Å²) in [6.45, 7) is 1.80. The number of nitrogens with two attached hydrogens (primary N) is 1. The largest absolute Gasteiger partial charge is 0.322 e. The Hall–Kier alpha value is -1.52. The first-order valence-corrected chi connectivity index (χ1v) is 5.93. The zero-order valence-corrected chi connectivity index (χ0v) is 10.7. The highest BCUT2D eigenvalue weighted by Crippen LogP contribution is 2.19. The van der Waals surface area contributed by atoms with Crippen molar-refractivity contribution in [3.05, 3.63) is 58.4 Å². The van der Waals surface area contributed by atoms with Crippen molar-refractivity contribution in [2.75, 3.05) is 0 Å². The van der Waals surface area contributed by atoms with Crippen molar-refractivity contribution in [1.82, 2.24) is 9.97 Å². The SMILES string of the molecule is Cc1nccc(C(N)Cc2ccc(Cl)c(F)c2)n1. The van der Waals surface area contributed by atoms with E-state index in [0.29, 0.717) is 12.2 Å². The molecule has 5 heteroatoms. The lowest BCUT2D eigenvalue weighted by Gasteiger charge is -2.11. The zero-order valence-electron chi connectivity index (χ0n) is 9.90. The molecule has 1 unspecified atom stereocenters. The van der Waals surface area contributed by atoms with Gasteiger partial charge in [-0.3, -0.25) is 0 Å².